The predicted octanol–water partition coefficient (Wildman–Crippen LogP) is 3.79. The standard InChI is InChI=1S/C25H24F3N3O3/c1-30-9-2-3-18-16(11-15-4-6-17(7-5-15)25(26,27)28)12-19-22(23(18)30)29-14-31(24(19)33)20-8-10-34-13-21(20)32/h2-7,12,14,20-21,32H,8-11,13H2,1H3/t20-,21-/m0/s1. The first kappa shape index (κ1) is 22.6. The Labute approximate surface area is 193 Å². The van der Waals surface area contributed by atoms with Crippen LogP contribution in [0.25, 0.3) is 17.0 Å². The molecule has 2 atom stereocenters. The lowest BCUT2D eigenvalue weighted by Crippen LogP contribution is -2.39. The van der Waals surface area contributed by atoms with Crippen LogP contribution in [0.4, 0.5) is 18.9 Å². The fraction of sp³-hybridized carbons (Fsp3) is 0.360. The minimum absolute atomic E-state index is 0.159. The molecule has 0 aliphatic carbocycles. The minimum atomic E-state index is -4.39. The molecular weight excluding hydrogens is 447 g/mol. The molecule has 1 saturated heterocycles. The lowest BCUT2D eigenvalue weighted by atomic mass is 9.93. The highest BCUT2D eigenvalue weighted by atomic mass is 19.4. The van der Waals surface area contributed by atoms with Gasteiger partial charge in [0.1, 0.15) is 5.52 Å². The van der Waals surface area contributed by atoms with E-state index in [-0.39, 0.29) is 12.2 Å². The summed E-state index contributed by atoms with van der Waals surface area (Å²) >= 11 is 0. The summed E-state index contributed by atoms with van der Waals surface area (Å²) in [4.78, 5) is 20.2. The van der Waals surface area contributed by atoms with E-state index in [4.69, 9.17) is 4.74 Å². The second-order valence-electron chi connectivity index (χ2n) is 8.80. The SMILES string of the molecule is CN1CC=Cc2c(Cc3ccc(C(F)(F)F)cc3)cc3c(=O)n([C@H]4CCOC[C@@H]4O)cnc3c21. The minimum Gasteiger partial charge on any atom is -0.389 e. The quantitative estimate of drug-likeness (QED) is 0.630. The molecular formula is C25H24F3N3O3. The summed E-state index contributed by atoms with van der Waals surface area (Å²) in [7, 11) is 1.92. The Morgan fingerprint density at radius 3 is 2.71 bits per heavy atom. The monoisotopic (exact) mass is 471 g/mol. The van der Waals surface area contributed by atoms with Crippen LogP contribution < -0.4 is 10.5 Å². The number of rotatable bonds is 3. The van der Waals surface area contributed by atoms with Crippen LogP contribution in [-0.4, -0.2) is 47.6 Å². The van der Waals surface area contributed by atoms with Gasteiger partial charge in [-0.25, -0.2) is 4.98 Å². The molecule has 2 aromatic carbocycles. The smallest absolute Gasteiger partial charge is 0.389 e. The number of anilines is 1. The zero-order chi connectivity index (χ0) is 24.0. The lowest BCUT2D eigenvalue weighted by Gasteiger charge is -2.30. The first-order valence-corrected chi connectivity index (χ1v) is 11.1. The van der Waals surface area contributed by atoms with Crippen molar-refractivity contribution >= 4 is 22.7 Å². The zero-order valence-corrected chi connectivity index (χ0v) is 18.5. The molecule has 0 unspecified atom stereocenters. The first-order chi connectivity index (χ1) is 16.2. The van der Waals surface area contributed by atoms with E-state index in [1.54, 1.807) is 6.07 Å². The van der Waals surface area contributed by atoms with Gasteiger partial charge in [-0.3, -0.25) is 9.36 Å². The highest BCUT2D eigenvalue weighted by molar-refractivity contribution is 5.97. The number of benzene rings is 2. The van der Waals surface area contributed by atoms with Crippen LogP contribution in [-0.2, 0) is 17.3 Å². The summed E-state index contributed by atoms with van der Waals surface area (Å²) in [5.74, 6) is 0. The van der Waals surface area contributed by atoms with E-state index in [2.05, 4.69) is 4.98 Å². The molecule has 1 fully saturated rings. The Balaban J connectivity index is 1.63. The topological polar surface area (TPSA) is 67.6 Å². The highest BCUT2D eigenvalue weighted by Gasteiger charge is 2.30. The first-order valence-electron chi connectivity index (χ1n) is 11.1. The number of aliphatic hydroxyl groups excluding tert-OH is 1. The summed E-state index contributed by atoms with van der Waals surface area (Å²) < 4.78 is 45.7. The van der Waals surface area contributed by atoms with Crippen LogP contribution in [0.1, 0.15) is 34.7 Å². The van der Waals surface area contributed by atoms with E-state index >= 15 is 0 Å². The molecule has 34 heavy (non-hydrogen) atoms. The van der Waals surface area contributed by atoms with Crippen LogP contribution >= 0.6 is 0 Å². The van der Waals surface area contributed by atoms with Crippen molar-refractivity contribution in [3.63, 3.8) is 0 Å². The van der Waals surface area contributed by atoms with Crippen LogP contribution in [0.2, 0.25) is 0 Å². The average Bonchev–Trinajstić information content (AvgIpc) is 2.80. The van der Waals surface area contributed by atoms with Gasteiger partial charge in [-0.2, -0.15) is 13.2 Å². The van der Waals surface area contributed by atoms with Gasteiger partial charge in [-0.1, -0.05) is 24.3 Å². The van der Waals surface area contributed by atoms with Crippen molar-refractivity contribution < 1.29 is 23.0 Å². The normalized spacial score (nSPS) is 20.6. The molecule has 6 nitrogen and oxygen atoms in total. The number of hydrogen-bond acceptors (Lipinski definition) is 5. The molecule has 9 heteroatoms. The van der Waals surface area contributed by atoms with E-state index in [9.17, 15) is 23.1 Å². The Morgan fingerprint density at radius 2 is 2.00 bits per heavy atom. The Morgan fingerprint density at radius 1 is 1.24 bits per heavy atom. The number of alkyl halides is 3. The fourth-order valence-corrected chi connectivity index (χ4v) is 4.78. The average molecular weight is 471 g/mol. The highest BCUT2D eigenvalue weighted by Crippen LogP contribution is 2.36. The van der Waals surface area contributed by atoms with Crippen molar-refractivity contribution in [1.29, 1.82) is 0 Å². The predicted molar refractivity (Wildman–Crippen MR) is 123 cm³/mol. The van der Waals surface area contributed by atoms with Gasteiger partial charge in [-0.05, 0) is 42.2 Å². The second-order valence-corrected chi connectivity index (χ2v) is 8.80. The van der Waals surface area contributed by atoms with Crippen LogP contribution in [0, 0.1) is 0 Å². The summed E-state index contributed by atoms with van der Waals surface area (Å²) in [6, 6.07) is 6.45. The molecule has 0 amide bonds. The van der Waals surface area contributed by atoms with Gasteiger partial charge in [-0.15, -0.1) is 0 Å². The number of likely N-dealkylation sites (N-methyl/N-ethyl adjacent to an activating group) is 1. The number of fused-ring (bicyclic) bond motifs is 3. The van der Waals surface area contributed by atoms with Gasteiger partial charge in [0.05, 0.1) is 41.7 Å². The van der Waals surface area contributed by atoms with E-state index in [1.807, 2.05) is 24.1 Å². The van der Waals surface area contributed by atoms with Crippen molar-refractivity contribution in [2.45, 2.75) is 31.2 Å². The Hall–Kier alpha value is -3.17. The Bertz CT molecular complexity index is 1320. The van der Waals surface area contributed by atoms with Gasteiger partial charge in [0.2, 0.25) is 0 Å². The maximum atomic E-state index is 13.5. The summed E-state index contributed by atoms with van der Waals surface area (Å²) in [6.45, 7) is 1.25. The van der Waals surface area contributed by atoms with Crippen molar-refractivity contribution in [3.8, 4) is 0 Å². The molecule has 2 aliphatic rings. The van der Waals surface area contributed by atoms with Gasteiger partial charge in [0.15, 0.2) is 0 Å². The van der Waals surface area contributed by atoms with E-state index in [1.165, 1.54) is 23.0 Å². The number of aliphatic hydroxyl groups is 1. The van der Waals surface area contributed by atoms with E-state index < -0.39 is 23.9 Å². The molecule has 0 saturated carbocycles. The molecule has 0 radical (unpaired) electrons. The van der Waals surface area contributed by atoms with Crippen molar-refractivity contribution in [3.05, 3.63) is 75.3 Å². The fourth-order valence-electron chi connectivity index (χ4n) is 4.78. The summed E-state index contributed by atoms with van der Waals surface area (Å²) in [5, 5.41) is 10.8. The Kier molecular flexibility index (Phi) is 5.69. The number of aromatic nitrogens is 2. The number of hydrogen-bond donors (Lipinski definition) is 1. The molecule has 3 heterocycles. The van der Waals surface area contributed by atoms with Gasteiger partial charge < -0.3 is 14.7 Å². The maximum Gasteiger partial charge on any atom is 0.416 e. The van der Waals surface area contributed by atoms with Crippen molar-refractivity contribution in [2.75, 3.05) is 31.7 Å². The van der Waals surface area contributed by atoms with Crippen LogP contribution in [0.3, 0.4) is 0 Å². The number of halogens is 3. The van der Waals surface area contributed by atoms with Crippen LogP contribution in [0.5, 0.6) is 0 Å². The number of nitrogens with zero attached hydrogens (tertiary/aromatic N) is 3. The molecule has 3 aromatic rings. The third-order valence-corrected chi connectivity index (χ3v) is 6.54. The molecule has 1 N–H and O–H groups in total. The third kappa shape index (κ3) is 3.99. The maximum absolute atomic E-state index is 13.5. The molecule has 0 bridgehead atoms. The molecule has 178 valence electrons. The lowest BCUT2D eigenvalue weighted by molar-refractivity contribution is -0.137. The van der Waals surface area contributed by atoms with Crippen LogP contribution in [0.15, 0.2) is 47.5 Å². The molecule has 5 rings (SSSR count). The van der Waals surface area contributed by atoms with Gasteiger partial charge >= 0.3 is 6.18 Å². The van der Waals surface area contributed by atoms with E-state index in [0.717, 1.165) is 28.9 Å². The van der Waals surface area contributed by atoms with Gasteiger partial charge in [0, 0.05) is 25.8 Å². The largest absolute Gasteiger partial charge is 0.416 e. The molecule has 0 spiro atoms. The third-order valence-electron chi connectivity index (χ3n) is 6.54. The van der Waals surface area contributed by atoms with Crippen molar-refractivity contribution in [1.82, 2.24) is 9.55 Å². The van der Waals surface area contributed by atoms with E-state index in [0.29, 0.717) is 42.5 Å². The second kappa shape index (κ2) is 8.56. The summed E-state index contributed by atoms with van der Waals surface area (Å²) in [6.07, 6.45) is 1.14. The molecule has 1 aromatic heterocycles. The zero-order valence-electron chi connectivity index (χ0n) is 18.5. The molecule has 2 aliphatic heterocycles. The van der Waals surface area contributed by atoms with Gasteiger partial charge in [0.25, 0.3) is 5.56 Å². The summed E-state index contributed by atoms with van der Waals surface area (Å²) in [5.41, 5.74) is 2.87. The van der Waals surface area contributed by atoms with Crippen molar-refractivity contribution in [2.24, 2.45) is 0 Å². The number of ether oxygens (including phenoxy) is 1.